The van der Waals surface area contributed by atoms with Crippen LogP contribution in [0.15, 0.2) is 12.2 Å². The molecule has 0 heterocycles. The van der Waals surface area contributed by atoms with E-state index in [1.807, 2.05) is 0 Å². The van der Waals surface area contributed by atoms with Crippen LogP contribution in [0.2, 0.25) is 0 Å². The second kappa shape index (κ2) is 1.62. The number of allylic oxidation sites excluding steroid dienone is 2. The van der Waals surface area contributed by atoms with Gasteiger partial charge in [0.15, 0.2) is 0 Å². The van der Waals surface area contributed by atoms with Crippen molar-refractivity contribution in [2.75, 3.05) is 0 Å². The summed E-state index contributed by atoms with van der Waals surface area (Å²) in [5.74, 6) is 1.09. The van der Waals surface area contributed by atoms with Gasteiger partial charge >= 0.3 is 0 Å². The summed E-state index contributed by atoms with van der Waals surface area (Å²) < 4.78 is 0. The zero-order valence-electron chi connectivity index (χ0n) is 6.06. The van der Waals surface area contributed by atoms with Crippen LogP contribution in [0.4, 0.5) is 0 Å². The molecule has 2 aliphatic rings. The van der Waals surface area contributed by atoms with Crippen LogP contribution in [0.5, 0.6) is 0 Å². The molecule has 0 bridgehead atoms. The first-order valence-corrected chi connectivity index (χ1v) is 4.01. The van der Waals surface area contributed by atoms with Gasteiger partial charge < -0.3 is 0 Å². The zero-order chi connectivity index (χ0) is 6.32. The topological polar surface area (TPSA) is 0 Å². The Kier molecular flexibility index (Phi) is 0.992. The lowest BCUT2D eigenvalue weighted by Crippen LogP contribution is -1.90. The Balaban J connectivity index is 2.10. The lowest BCUT2D eigenvalue weighted by atomic mass is 10.0. The second-order valence-corrected chi connectivity index (χ2v) is 3.53. The summed E-state index contributed by atoms with van der Waals surface area (Å²) in [4.78, 5) is 0. The monoisotopic (exact) mass is 122 g/mol. The van der Waals surface area contributed by atoms with Crippen molar-refractivity contribution in [3.63, 3.8) is 0 Å². The first kappa shape index (κ1) is 5.52. The van der Waals surface area contributed by atoms with Crippen LogP contribution in [0.25, 0.3) is 0 Å². The Morgan fingerprint density at radius 2 is 2.44 bits per heavy atom. The van der Waals surface area contributed by atoms with Gasteiger partial charge in [0.1, 0.15) is 0 Å². The third kappa shape index (κ3) is 0.654. The molecule has 2 rings (SSSR count). The molecule has 2 saturated carbocycles. The quantitative estimate of drug-likeness (QED) is 0.469. The molecule has 9 heavy (non-hydrogen) atoms. The third-order valence-electron chi connectivity index (χ3n) is 2.97. The SMILES string of the molecule is C/C=C\C12CCCC1C2. The van der Waals surface area contributed by atoms with Crippen molar-refractivity contribution in [3.8, 4) is 0 Å². The average Bonchev–Trinajstić information content (AvgIpc) is 2.37. The predicted molar refractivity (Wildman–Crippen MR) is 39.2 cm³/mol. The molecule has 0 aromatic heterocycles. The Hall–Kier alpha value is -0.260. The normalized spacial score (nSPS) is 47.9. The molecule has 0 N–H and O–H groups in total. The highest BCUT2D eigenvalue weighted by molar-refractivity contribution is 5.17. The summed E-state index contributed by atoms with van der Waals surface area (Å²) in [5, 5.41) is 0. The summed E-state index contributed by atoms with van der Waals surface area (Å²) in [7, 11) is 0. The van der Waals surface area contributed by atoms with Crippen molar-refractivity contribution < 1.29 is 0 Å². The van der Waals surface area contributed by atoms with Gasteiger partial charge in [-0.05, 0) is 37.5 Å². The Bertz CT molecular complexity index is 146. The Labute approximate surface area is 57.0 Å². The van der Waals surface area contributed by atoms with Gasteiger partial charge in [-0.15, -0.1) is 0 Å². The molecule has 0 aromatic rings. The van der Waals surface area contributed by atoms with Crippen molar-refractivity contribution in [2.24, 2.45) is 11.3 Å². The molecule has 0 spiro atoms. The van der Waals surface area contributed by atoms with Crippen molar-refractivity contribution in [3.05, 3.63) is 12.2 Å². The predicted octanol–water partition coefficient (Wildman–Crippen LogP) is 2.75. The van der Waals surface area contributed by atoms with E-state index in [0.29, 0.717) is 0 Å². The first-order chi connectivity index (χ1) is 4.37. The number of hydrogen-bond acceptors (Lipinski definition) is 0. The van der Waals surface area contributed by atoms with Crippen molar-refractivity contribution in [2.45, 2.75) is 32.6 Å². The average molecular weight is 122 g/mol. The van der Waals surface area contributed by atoms with E-state index in [-0.39, 0.29) is 0 Å². The van der Waals surface area contributed by atoms with Gasteiger partial charge in [0, 0.05) is 0 Å². The van der Waals surface area contributed by atoms with E-state index < -0.39 is 0 Å². The van der Waals surface area contributed by atoms with Gasteiger partial charge in [0.25, 0.3) is 0 Å². The highest BCUT2D eigenvalue weighted by Gasteiger charge is 2.54. The van der Waals surface area contributed by atoms with Crippen LogP contribution in [0, 0.1) is 11.3 Å². The molecule has 0 radical (unpaired) electrons. The molecule has 0 aliphatic heterocycles. The molecule has 2 fully saturated rings. The van der Waals surface area contributed by atoms with E-state index in [1.165, 1.54) is 25.7 Å². The van der Waals surface area contributed by atoms with E-state index in [1.54, 1.807) is 0 Å². The van der Waals surface area contributed by atoms with Crippen LogP contribution in [0.1, 0.15) is 32.6 Å². The molecule has 50 valence electrons. The largest absolute Gasteiger partial charge is 0.0911 e. The number of fused-ring (bicyclic) bond motifs is 1. The maximum absolute atomic E-state index is 2.44. The molecule has 2 atom stereocenters. The zero-order valence-corrected chi connectivity index (χ0v) is 6.06. The lowest BCUT2D eigenvalue weighted by Gasteiger charge is -2.01. The summed E-state index contributed by atoms with van der Waals surface area (Å²) in [6, 6.07) is 0. The molecular formula is C9H14. The van der Waals surface area contributed by atoms with Gasteiger partial charge in [0.2, 0.25) is 0 Å². The summed E-state index contributed by atoms with van der Waals surface area (Å²) in [6.45, 7) is 2.14. The fourth-order valence-corrected chi connectivity index (χ4v) is 2.39. The van der Waals surface area contributed by atoms with Crippen LogP contribution in [-0.4, -0.2) is 0 Å². The summed E-state index contributed by atoms with van der Waals surface area (Å²) >= 11 is 0. The fourth-order valence-electron chi connectivity index (χ4n) is 2.39. The molecule has 0 aromatic carbocycles. The highest BCUT2D eigenvalue weighted by atomic mass is 14.6. The van der Waals surface area contributed by atoms with E-state index in [2.05, 4.69) is 19.1 Å². The third-order valence-corrected chi connectivity index (χ3v) is 2.97. The summed E-state index contributed by atoms with van der Waals surface area (Å²) in [6.07, 6.45) is 10.6. The molecule has 0 saturated heterocycles. The van der Waals surface area contributed by atoms with Gasteiger partial charge in [-0.1, -0.05) is 18.6 Å². The van der Waals surface area contributed by atoms with Gasteiger partial charge in [-0.25, -0.2) is 0 Å². The maximum atomic E-state index is 2.44. The van der Waals surface area contributed by atoms with Crippen LogP contribution >= 0.6 is 0 Å². The van der Waals surface area contributed by atoms with Crippen LogP contribution in [0.3, 0.4) is 0 Å². The molecule has 2 aliphatic carbocycles. The van der Waals surface area contributed by atoms with Crippen molar-refractivity contribution in [1.29, 1.82) is 0 Å². The molecule has 0 amide bonds. The first-order valence-electron chi connectivity index (χ1n) is 4.01. The van der Waals surface area contributed by atoms with Crippen molar-refractivity contribution in [1.82, 2.24) is 0 Å². The maximum Gasteiger partial charge on any atom is -0.00868 e. The van der Waals surface area contributed by atoms with Gasteiger partial charge in [-0.3, -0.25) is 0 Å². The molecule has 0 heteroatoms. The van der Waals surface area contributed by atoms with Gasteiger partial charge in [0.05, 0.1) is 0 Å². The summed E-state index contributed by atoms with van der Waals surface area (Å²) in [5.41, 5.74) is 0.731. The minimum Gasteiger partial charge on any atom is -0.0911 e. The van der Waals surface area contributed by atoms with E-state index >= 15 is 0 Å². The van der Waals surface area contributed by atoms with Crippen LogP contribution < -0.4 is 0 Å². The molecule has 2 unspecified atom stereocenters. The highest BCUT2D eigenvalue weighted by Crippen LogP contribution is 2.64. The molecule has 0 nitrogen and oxygen atoms in total. The minimum absolute atomic E-state index is 0.731. The smallest absolute Gasteiger partial charge is 0.00868 e. The van der Waals surface area contributed by atoms with Crippen molar-refractivity contribution >= 4 is 0 Å². The minimum atomic E-state index is 0.731. The lowest BCUT2D eigenvalue weighted by molar-refractivity contribution is 0.619. The van der Waals surface area contributed by atoms with Gasteiger partial charge in [-0.2, -0.15) is 0 Å². The standard InChI is InChI=1S/C9H14/c1-2-5-9-6-3-4-8(9)7-9/h2,5,8H,3-4,6-7H2,1H3/b5-2-. The van der Waals surface area contributed by atoms with E-state index in [0.717, 1.165) is 11.3 Å². The number of hydrogen-bond donors (Lipinski definition) is 0. The second-order valence-electron chi connectivity index (χ2n) is 3.53. The van der Waals surface area contributed by atoms with E-state index in [9.17, 15) is 0 Å². The Morgan fingerprint density at radius 1 is 1.56 bits per heavy atom. The Morgan fingerprint density at radius 3 is 2.89 bits per heavy atom. The van der Waals surface area contributed by atoms with Crippen LogP contribution in [-0.2, 0) is 0 Å². The molecular weight excluding hydrogens is 108 g/mol. The number of rotatable bonds is 1. The van der Waals surface area contributed by atoms with E-state index in [4.69, 9.17) is 0 Å². The fraction of sp³-hybridized carbons (Fsp3) is 0.778.